The van der Waals surface area contributed by atoms with Crippen molar-refractivity contribution in [2.75, 3.05) is 17.2 Å². The zero-order valence-electron chi connectivity index (χ0n) is 14.2. The number of aromatic nitrogens is 2. The molecule has 22 heavy (non-hydrogen) atoms. The molecule has 0 fully saturated rings. The quantitative estimate of drug-likeness (QED) is 0.818. The van der Waals surface area contributed by atoms with E-state index in [-0.39, 0.29) is 0 Å². The molecule has 1 heterocycles. The van der Waals surface area contributed by atoms with Gasteiger partial charge in [0, 0.05) is 24.0 Å². The Morgan fingerprint density at radius 1 is 1.00 bits per heavy atom. The highest BCUT2D eigenvalue weighted by Gasteiger charge is 2.04. The Kier molecular flexibility index (Phi) is 5.36. The second-order valence-corrected chi connectivity index (χ2v) is 6.25. The smallest absolute Gasteiger partial charge is 0.229 e. The van der Waals surface area contributed by atoms with Gasteiger partial charge in [-0.05, 0) is 56.4 Å². The number of nitrogens with zero attached hydrogens (tertiary/aromatic N) is 2. The maximum Gasteiger partial charge on any atom is 0.229 e. The van der Waals surface area contributed by atoms with E-state index in [4.69, 9.17) is 0 Å². The van der Waals surface area contributed by atoms with E-state index in [1.807, 2.05) is 13.0 Å². The van der Waals surface area contributed by atoms with E-state index in [0.29, 0.717) is 11.9 Å². The lowest BCUT2D eigenvalue weighted by molar-refractivity contribution is 0.606. The van der Waals surface area contributed by atoms with Gasteiger partial charge in [-0.3, -0.25) is 0 Å². The third kappa shape index (κ3) is 4.72. The maximum absolute atomic E-state index is 4.54. The van der Waals surface area contributed by atoms with Crippen LogP contribution in [0.25, 0.3) is 0 Å². The molecule has 0 unspecified atom stereocenters. The Balaban J connectivity index is 2.10. The van der Waals surface area contributed by atoms with E-state index in [1.54, 1.807) is 0 Å². The predicted octanol–water partition coefficient (Wildman–Crippen LogP) is 4.60. The molecule has 0 aliphatic carbocycles. The van der Waals surface area contributed by atoms with Crippen molar-refractivity contribution in [3.8, 4) is 0 Å². The molecule has 0 aliphatic rings. The molecule has 1 aromatic heterocycles. The molecule has 1 aromatic carbocycles. The first-order valence-corrected chi connectivity index (χ1v) is 7.88. The van der Waals surface area contributed by atoms with Crippen molar-refractivity contribution < 1.29 is 0 Å². The number of nitrogens with one attached hydrogen (secondary N) is 2. The van der Waals surface area contributed by atoms with Crippen molar-refractivity contribution in [3.05, 3.63) is 41.1 Å². The third-order valence-electron chi connectivity index (χ3n) is 3.65. The third-order valence-corrected chi connectivity index (χ3v) is 3.65. The average molecular weight is 298 g/mol. The summed E-state index contributed by atoms with van der Waals surface area (Å²) in [5.74, 6) is 2.19. The fourth-order valence-corrected chi connectivity index (χ4v) is 2.15. The molecule has 2 rings (SSSR count). The standard InChI is InChI=1S/C18H26N4/c1-12(2)8-9-19-17-11-15(5)20-18(22-17)21-16-7-6-13(3)14(4)10-16/h6-7,10-12H,8-9H2,1-5H3,(H2,19,20,21,22). The van der Waals surface area contributed by atoms with Gasteiger partial charge in [0.25, 0.3) is 0 Å². The molecule has 2 N–H and O–H groups in total. The summed E-state index contributed by atoms with van der Waals surface area (Å²) in [5.41, 5.74) is 4.51. The monoisotopic (exact) mass is 298 g/mol. The molecular weight excluding hydrogens is 272 g/mol. The van der Waals surface area contributed by atoms with Gasteiger partial charge in [-0.1, -0.05) is 19.9 Å². The molecule has 0 radical (unpaired) electrons. The summed E-state index contributed by atoms with van der Waals surface area (Å²) in [6.45, 7) is 11.6. The SMILES string of the molecule is Cc1cc(NCCC(C)C)nc(Nc2ccc(C)c(C)c2)n1. The lowest BCUT2D eigenvalue weighted by atomic mass is 10.1. The van der Waals surface area contributed by atoms with Gasteiger partial charge >= 0.3 is 0 Å². The van der Waals surface area contributed by atoms with Crippen LogP contribution in [0.2, 0.25) is 0 Å². The van der Waals surface area contributed by atoms with E-state index in [1.165, 1.54) is 11.1 Å². The van der Waals surface area contributed by atoms with Crippen molar-refractivity contribution in [3.63, 3.8) is 0 Å². The van der Waals surface area contributed by atoms with E-state index >= 15 is 0 Å². The molecule has 2 aromatic rings. The summed E-state index contributed by atoms with van der Waals surface area (Å²) in [4.78, 5) is 9.01. The Labute approximate surface area is 133 Å². The van der Waals surface area contributed by atoms with E-state index in [2.05, 4.69) is 66.5 Å². The molecule has 118 valence electrons. The van der Waals surface area contributed by atoms with Gasteiger partial charge in [0.1, 0.15) is 5.82 Å². The van der Waals surface area contributed by atoms with Crippen LogP contribution in [0.1, 0.15) is 37.1 Å². The Morgan fingerprint density at radius 3 is 2.45 bits per heavy atom. The van der Waals surface area contributed by atoms with Crippen LogP contribution in [-0.4, -0.2) is 16.5 Å². The van der Waals surface area contributed by atoms with Gasteiger partial charge in [0.05, 0.1) is 0 Å². The maximum atomic E-state index is 4.54. The highest BCUT2D eigenvalue weighted by Crippen LogP contribution is 2.19. The zero-order chi connectivity index (χ0) is 16.1. The summed E-state index contributed by atoms with van der Waals surface area (Å²) in [6.07, 6.45) is 1.13. The average Bonchev–Trinajstić information content (AvgIpc) is 2.42. The van der Waals surface area contributed by atoms with Crippen molar-refractivity contribution in [1.82, 2.24) is 9.97 Å². The highest BCUT2D eigenvalue weighted by molar-refractivity contribution is 5.57. The van der Waals surface area contributed by atoms with Crippen LogP contribution in [-0.2, 0) is 0 Å². The van der Waals surface area contributed by atoms with E-state index < -0.39 is 0 Å². The van der Waals surface area contributed by atoms with Crippen LogP contribution in [0, 0.1) is 26.7 Å². The molecule has 0 amide bonds. The van der Waals surface area contributed by atoms with Gasteiger partial charge in [-0.15, -0.1) is 0 Å². The molecule has 4 nitrogen and oxygen atoms in total. The first kappa shape index (κ1) is 16.3. The number of rotatable bonds is 6. The van der Waals surface area contributed by atoms with Crippen LogP contribution in [0.5, 0.6) is 0 Å². The highest BCUT2D eigenvalue weighted by atomic mass is 15.1. The summed E-state index contributed by atoms with van der Waals surface area (Å²) in [7, 11) is 0. The summed E-state index contributed by atoms with van der Waals surface area (Å²) < 4.78 is 0. The number of aryl methyl sites for hydroxylation is 3. The Bertz CT molecular complexity index is 635. The molecule has 0 spiro atoms. The number of benzene rings is 1. The van der Waals surface area contributed by atoms with Gasteiger partial charge in [0.2, 0.25) is 5.95 Å². The first-order chi connectivity index (χ1) is 10.4. The minimum Gasteiger partial charge on any atom is -0.370 e. The van der Waals surface area contributed by atoms with Crippen molar-refractivity contribution in [2.45, 2.75) is 41.0 Å². The van der Waals surface area contributed by atoms with E-state index in [0.717, 1.165) is 30.2 Å². The predicted molar refractivity (Wildman–Crippen MR) is 93.9 cm³/mol. The van der Waals surface area contributed by atoms with Crippen molar-refractivity contribution in [1.29, 1.82) is 0 Å². The Hall–Kier alpha value is -2.10. The second-order valence-electron chi connectivity index (χ2n) is 6.25. The summed E-state index contributed by atoms with van der Waals surface area (Å²) in [5, 5.41) is 6.66. The second kappa shape index (κ2) is 7.25. The molecule has 4 heteroatoms. The number of anilines is 3. The minimum absolute atomic E-state index is 0.635. The lowest BCUT2D eigenvalue weighted by Crippen LogP contribution is -2.08. The normalized spacial score (nSPS) is 10.8. The lowest BCUT2D eigenvalue weighted by Gasteiger charge is -2.11. The van der Waals surface area contributed by atoms with Crippen molar-refractivity contribution in [2.24, 2.45) is 5.92 Å². The van der Waals surface area contributed by atoms with Gasteiger partial charge in [-0.25, -0.2) is 4.98 Å². The molecule has 0 atom stereocenters. The molecule has 0 aliphatic heterocycles. The molecule has 0 saturated carbocycles. The first-order valence-electron chi connectivity index (χ1n) is 7.88. The fraction of sp³-hybridized carbons (Fsp3) is 0.444. The van der Waals surface area contributed by atoms with Crippen LogP contribution < -0.4 is 10.6 Å². The van der Waals surface area contributed by atoms with Gasteiger partial charge in [0.15, 0.2) is 0 Å². The fourth-order valence-electron chi connectivity index (χ4n) is 2.15. The topological polar surface area (TPSA) is 49.8 Å². The molecule has 0 saturated heterocycles. The van der Waals surface area contributed by atoms with E-state index in [9.17, 15) is 0 Å². The van der Waals surface area contributed by atoms with Crippen LogP contribution in [0.4, 0.5) is 17.5 Å². The Morgan fingerprint density at radius 2 is 1.77 bits per heavy atom. The van der Waals surface area contributed by atoms with Crippen LogP contribution in [0.15, 0.2) is 24.3 Å². The number of hydrogen-bond acceptors (Lipinski definition) is 4. The number of hydrogen-bond donors (Lipinski definition) is 2. The molecular formula is C18H26N4. The van der Waals surface area contributed by atoms with Gasteiger partial charge in [-0.2, -0.15) is 4.98 Å². The summed E-state index contributed by atoms with van der Waals surface area (Å²) >= 11 is 0. The minimum atomic E-state index is 0.635. The van der Waals surface area contributed by atoms with Gasteiger partial charge < -0.3 is 10.6 Å². The summed E-state index contributed by atoms with van der Waals surface area (Å²) in [6, 6.07) is 8.26. The van der Waals surface area contributed by atoms with Crippen LogP contribution in [0.3, 0.4) is 0 Å². The largest absolute Gasteiger partial charge is 0.370 e. The molecule has 0 bridgehead atoms. The van der Waals surface area contributed by atoms with Crippen LogP contribution >= 0.6 is 0 Å². The zero-order valence-corrected chi connectivity index (χ0v) is 14.2. The van der Waals surface area contributed by atoms with Crippen molar-refractivity contribution >= 4 is 17.5 Å².